The molecule has 5 heteroatoms. The van der Waals surface area contributed by atoms with Gasteiger partial charge < -0.3 is 15.4 Å². The van der Waals surface area contributed by atoms with E-state index in [4.69, 9.17) is 4.74 Å². The minimum absolute atomic E-state index is 0.635. The maximum Gasteiger partial charge on any atom is 0.191 e. The summed E-state index contributed by atoms with van der Waals surface area (Å²) in [6, 6.07) is 10.3. The third-order valence-electron chi connectivity index (χ3n) is 3.15. The molecule has 0 unspecified atom stereocenters. The lowest BCUT2D eigenvalue weighted by Crippen LogP contribution is -2.38. The van der Waals surface area contributed by atoms with Gasteiger partial charge in [0.2, 0.25) is 0 Å². The van der Waals surface area contributed by atoms with Crippen LogP contribution in [-0.2, 0) is 11.3 Å². The van der Waals surface area contributed by atoms with Crippen LogP contribution >= 0.6 is 0 Å². The third-order valence-corrected chi connectivity index (χ3v) is 3.15. The van der Waals surface area contributed by atoms with Crippen molar-refractivity contribution in [2.75, 3.05) is 26.8 Å². The van der Waals surface area contributed by atoms with Crippen molar-refractivity contribution in [2.24, 2.45) is 4.99 Å². The van der Waals surface area contributed by atoms with E-state index in [2.05, 4.69) is 32.7 Å². The Kier molecular flexibility index (Phi) is 5.97. The van der Waals surface area contributed by atoms with E-state index in [0.717, 1.165) is 30.2 Å². The molecule has 112 valence electrons. The molecular weight excluding hydrogens is 264 g/mol. The molecule has 21 heavy (non-hydrogen) atoms. The van der Waals surface area contributed by atoms with E-state index in [1.165, 1.54) is 5.39 Å². The molecule has 0 atom stereocenters. The van der Waals surface area contributed by atoms with Gasteiger partial charge in [-0.2, -0.15) is 0 Å². The van der Waals surface area contributed by atoms with Crippen LogP contribution in [0, 0.1) is 0 Å². The lowest BCUT2D eigenvalue weighted by Gasteiger charge is -2.12. The topological polar surface area (TPSA) is 58.5 Å². The summed E-state index contributed by atoms with van der Waals surface area (Å²) >= 11 is 0. The molecule has 0 amide bonds. The van der Waals surface area contributed by atoms with Crippen molar-refractivity contribution < 1.29 is 4.74 Å². The number of fused-ring (bicyclic) bond motifs is 1. The zero-order valence-electron chi connectivity index (χ0n) is 12.6. The molecule has 2 aromatic rings. The largest absolute Gasteiger partial charge is 0.380 e. The average Bonchev–Trinajstić information content (AvgIpc) is 2.54. The van der Waals surface area contributed by atoms with Crippen molar-refractivity contribution in [1.82, 2.24) is 15.6 Å². The highest BCUT2D eigenvalue weighted by Gasteiger charge is 2.03. The predicted octanol–water partition coefficient (Wildman–Crippen LogP) is 1.94. The summed E-state index contributed by atoms with van der Waals surface area (Å²) in [5.74, 6) is 0.754. The lowest BCUT2D eigenvalue weighted by atomic mass is 10.1. The van der Waals surface area contributed by atoms with Crippen LogP contribution in [0.3, 0.4) is 0 Å². The van der Waals surface area contributed by atoms with Crippen LogP contribution in [0.25, 0.3) is 10.8 Å². The first kappa shape index (κ1) is 15.3. The maximum absolute atomic E-state index is 5.29. The third kappa shape index (κ3) is 4.43. The highest BCUT2D eigenvalue weighted by atomic mass is 16.5. The second kappa shape index (κ2) is 8.21. The molecule has 2 N–H and O–H groups in total. The Hall–Kier alpha value is -2.14. The molecule has 1 heterocycles. The lowest BCUT2D eigenvalue weighted by molar-refractivity contribution is 0.152. The fourth-order valence-corrected chi connectivity index (χ4v) is 2.10. The number of rotatable bonds is 6. The molecular formula is C16H22N4O. The molecule has 0 bridgehead atoms. The number of nitrogens with zero attached hydrogens (tertiary/aromatic N) is 2. The minimum Gasteiger partial charge on any atom is -0.380 e. The first-order valence-corrected chi connectivity index (χ1v) is 7.20. The zero-order chi connectivity index (χ0) is 14.9. The Balaban J connectivity index is 1.94. The van der Waals surface area contributed by atoms with Crippen LogP contribution in [0.4, 0.5) is 0 Å². The van der Waals surface area contributed by atoms with Crippen LogP contribution < -0.4 is 10.6 Å². The van der Waals surface area contributed by atoms with Crippen LogP contribution in [0.1, 0.15) is 12.6 Å². The summed E-state index contributed by atoms with van der Waals surface area (Å²) in [7, 11) is 1.76. The van der Waals surface area contributed by atoms with Gasteiger partial charge in [0.1, 0.15) is 0 Å². The number of hydrogen-bond donors (Lipinski definition) is 2. The van der Waals surface area contributed by atoms with E-state index in [-0.39, 0.29) is 0 Å². The zero-order valence-corrected chi connectivity index (χ0v) is 12.6. The normalized spacial score (nSPS) is 11.6. The Morgan fingerprint density at radius 2 is 2.10 bits per heavy atom. The molecule has 0 radical (unpaired) electrons. The monoisotopic (exact) mass is 286 g/mol. The quantitative estimate of drug-likeness (QED) is 0.484. The summed E-state index contributed by atoms with van der Waals surface area (Å²) < 4.78 is 5.29. The average molecular weight is 286 g/mol. The summed E-state index contributed by atoms with van der Waals surface area (Å²) in [5, 5.41) is 8.85. The second-order valence-corrected chi connectivity index (χ2v) is 4.53. The molecule has 0 spiro atoms. The van der Waals surface area contributed by atoms with Gasteiger partial charge in [-0.3, -0.25) is 9.98 Å². The number of aromatic nitrogens is 1. The van der Waals surface area contributed by atoms with Crippen molar-refractivity contribution >= 4 is 16.7 Å². The SMILES string of the molecule is CCOCCNC(=NC)NCc1nccc2ccccc12. The van der Waals surface area contributed by atoms with E-state index in [9.17, 15) is 0 Å². The van der Waals surface area contributed by atoms with Crippen molar-refractivity contribution in [2.45, 2.75) is 13.5 Å². The van der Waals surface area contributed by atoms with Crippen LogP contribution in [0.15, 0.2) is 41.5 Å². The highest BCUT2D eigenvalue weighted by Crippen LogP contribution is 2.15. The first-order valence-electron chi connectivity index (χ1n) is 7.20. The fourth-order valence-electron chi connectivity index (χ4n) is 2.10. The summed E-state index contributed by atoms with van der Waals surface area (Å²) in [4.78, 5) is 8.64. The second-order valence-electron chi connectivity index (χ2n) is 4.53. The van der Waals surface area contributed by atoms with Crippen molar-refractivity contribution in [3.8, 4) is 0 Å². The molecule has 0 saturated carbocycles. The number of nitrogens with one attached hydrogen (secondary N) is 2. The molecule has 0 aliphatic heterocycles. The van der Waals surface area contributed by atoms with E-state index >= 15 is 0 Å². The predicted molar refractivity (Wildman–Crippen MR) is 86.4 cm³/mol. The van der Waals surface area contributed by atoms with Crippen LogP contribution in [-0.4, -0.2) is 37.7 Å². The van der Waals surface area contributed by atoms with Crippen LogP contribution in [0.2, 0.25) is 0 Å². The van der Waals surface area contributed by atoms with Crippen molar-refractivity contribution in [3.63, 3.8) is 0 Å². The molecule has 2 rings (SSSR count). The van der Waals surface area contributed by atoms with Gasteiger partial charge in [0.15, 0.2) is 5.96 Å². The van der Waals surface area contributed by atoms with Gasteiger partial charge >= 0.3 is 0 Å². The Morgan fingerprint density at radius 1 is 1.24 bits per heavy atom. The molecule has 0 fully saturated rings. The van der Waals surface area contributed by atoms with Crippen molar-refractivity contribution in [1.29, 1.82) is 0 Å². The summed E-state index contributed by atoms with van der Waals surface area (Å²) in [6.07, 6.45) is 1.84. The minimum atomic E-state index is 0.635. The van der Waals surface area contributed by atoms with Crippen molar-refractivity contribution in [3.05, 3.63) is 42.2 Å². The van der Waals surface area contributed by atoms with Gasteiger partial charge in [0.05, 0.1) is 18.8 Å². The van der Waals surface area contributed by atoms with E-state index in [1.807, 2.05) is 31.3 Å². The first-order chi connectivity index (χ1) is 10.3. The van der Waals surface area contributed by atoms with Gasteiger partial charge in [-0.15, -0.1) is 0 Å². The maximum atomic E-state index is 5.29. The van der Waals surface area contributed by atoms with Gasteiger partial charge in [0, 0.05) is 31.8 Å². The number of pyridine rings is 1. The smallest absolute Gasteiger partial charge is 0.191 e. The fraction of sp³-hybridized carbons (Fsp3) is 0.375. The molecule has 5 nitrogen and oxygen atoms in total. The molecule has 0 saturated heterocycles. The van der Waals surface area contributed by atoms with Gasteiger partial charge in [-0.1, -0.05) is 24.3 Å². The van der Waals surface area contributed by atoms with Crippen LogP contribution in [0.5, 0.6) is 0 Å². The van der Waals surface area contributed by atoms with Gasteiger partial charge in [-0.05, 0) is 18.4 Å². The standard InChI is InChI=1S/C16H22N4O/c1-3-21-11-10-19-16(17-2)20-12-15-14-7-5-4-6-13(14)8-9-18-15/h4-9H,3,10-12H2,1-2H3,(H2,17,19,20). The van der Waals surface area contributed by atoms with Gasteiger partial charge in [0.25, 0.3) is 0 Å². The van der Waals surface area contributed by atoms with E-state index in [0.29, 0.717) is 13.2 Å². The Bertz CT molecular complexity index is 592. The number of aliphatic imine (C=N–C) groups is 1. The number of ether oxygens (including phenoxy) is 1. The highest BCUT2D eigenvalue weighted by molar-refractivity contribution is 5.85. The van der Waals surface area contributed by atoms with E-state index in [1.54, 1.807) is 7.05 Å². The summed E-state index contributed by atoms with van der Waals surface area (Å²) in [6.45, 7) is 4.75. The van der Waals surface area contributed by atoms with Gasteiger partial charge in [-0.25, -0.2) is 0 Å². The summed E-state index contributed by atoms with van der Waals surface area (Å²) in [5.41, 5.74) is 1.01. The molecule has 1 aromatic heterocycles. The number of hydrogen-bond acceptors (Lipinski definition) is 3. The molecule has 1 aromatic carbocycles. The van der Waals surface area contributed by atoms with E-state index < -0.39 is 0 Å². The Morgan fingerprint density at radius 3 is 2.90 bits per heavy atom. The number of benzene rings is 1. The number of guanidine groups is 1. The molecule has 0 aliphatic carbocycles. The molecule has 0 aliphatic rings. The Labute approximate surface area is 125 Å².